The van der Waals surface area contributed by atoms with Crippen molar-refractivity contribution in [3.63, 3.8) is 0 Å². The van der Waals surface area contributed by atoms with Gasteiger partial charge in [0, 0.05) is 10.7 Å². The first-order valence-electron chi connectivity index (χ1n) is 4.08. The molecular weight excluding hydrogens is 328 g/mol. The molecule has 0 fully saturated rings. The average Bonchev–Trinajstić information content (AvgIpc) is 2.50. The van der Waals surface area contributed by atoms with Crippen LogP contribution in [0, 0.1) is 6.92 Å². The number of aromatic carboxylic acids is 1. The van der Waals surface area contributed by atoms with Crippen LogP contribution in [0.4, 0.5) is 0 Å². The molecule has 2 rings (SSSR count). The Labute approximate surface area is 102 Å². The van der Waals surface area contributed by atoms with E-state index in [0.29, 0.717) is 4.47 Å². The van der Waals surface area contributed by atoms with E-state index in [4.69, 9.17) is 5.11 Å². The number of aromatic nitrogens is 2. The Morgan fingerprint density at radius 2 is 2.13 bits per heavy atom. The van der Waals surface area contributed by atoms with Crippen LogP contribution in [0.1, 0.15) is 16.1 Å². The first-order chi connectivity index (χ1) is 7.02. The van der Waals surface area contributed by atoms with Crippen molar-refractivity contribution in [1.29, 1.82) is 0 Å². The van der Waals surface area contributed by atoms with Crippen LogP contribution in [0.5, 0.6) is 0 Å². The number of nitrogens with zero attached hydrogens (tertiary/aromatic N) is 2. The minimum absolute atomic E-state index is 0.0151. The van der Waals surface area contributed by atoms with E-state index >= 15 is 0 Å². The molecule has 0 spiro atoms. The SMILES string of the molecule is Cc1ccn2nc(C(=O)O)c(Br)c2c1Br. The van der Waals surface area contributed by atoms with Crippen molar-refractivity contribution in [1.82, 2.24) is 9.61 Å². The molecule has 0 amide bonds. The molecule has 15 heavy (non-hydrogen) atoms. The number of hydrogen-bond donors (Lipinski definition) is 1. The predicted octanol–water partition coefficient (Wildman–Crippen LogP) is 2.87. The maximum Gasteiger partial charge on any atom is 0.357 e. The van der Waals surface area contributed by atoms with Gasteiger partial charge >= 0.3 is 5.97 Å². The van der Waals surface area contributed by atoms with Crippen molar-refractivity contribution >= 4 is 43.3 Å². The van der Waals surface area contributed by atoms with E-state index in [1.165, 1.54) is 4.52 Å². The van der Waals surface area contributed by atoms with Gasteiger partial charge in [0.2, 0.25) is 0 Å². The third-order valence-electron chi connectivity index (χ3n) is 2.08. The quantitative estimate of drug-likeness (QED) is 0.873. The molecule has 1 N–H and O–H groups in total. The maximum atomic E-state index is 10.9. The molecule has 78 valence electrons. The number of carbonyl (C=O) groups is 1. The van der Waals surface area contributed by atoms with Crippen LogP contribution in [-0.4, -0.2) is 20.7 Å². The fraction of sp³-hybridized carbons (Fsp3) is 0.111. The van der Waals surface area contributed by atoms with Crippen LogP contribution >= 0.6 is 31.9 Å². The van der Waals surface area contributed by atoms with E-state index in [1.807, 2.05) is 13.0 Å². The lowest BCUT2D eigenvalue weighted by molar-refractivity contribution is 0.0689. The zero-order valence-electron chi connectivity index (χ0n) is 7.66. The second-order valence-electron chi connectivity index (χ2n) is 3.07. The summed E-state index contributed by atoms with van der Waals surface area (Å²) < 4.78 is 2.87. The van der Waals surface area contributed by atoms with Gasteiger partial charge in [-0.25, -0.2) is 9.31 Å². The molecular formula is C9H6Br2N2O2. The van der Waals surface area contributed by atoms with Gasteiger partial charge in [0.25, 0.3) is 0 Å². The molecule has 0 radical (unpaired) electrons. The molecule has 0 aliphatic rings. The third kappa shape index (κ3) is 1.57. The standard InChI is InChI=1S/C9H6Br2N2O2/c1-4-2-3-13-8(5(4)10)6(11)7(12-13)9(14)15/h2-3H,1H3,(H,14,15). The van der Waals surface area contributed by atoms with E-state index in [2.05, 4.69) is 37.0 Å². The Bertz CT molecular complexity index is 563. The monoisotopic (exact) mass is 332 g/mol. The Kier molecular flexibility index (Phi) is 2.56. The van der Waals surface area contributed by atoms with Gasteiger partial charge in [-0.1, -0.05) is 0 Å². The second kappa shape index (κ2) is 3.61. The van der Waals surface area contributed by atoms with Crippen molar-refractivity contribution in [3.05, 3.63) is 32.5 Å². The summed E-state index contributed by atoms with van der Waals surface area (Å²) in [5, 5.41) is 12.9. The lowest BCUT2D eigenvalue weighted by Crippen LogP contribution is -1.98. The highest BCUT2D eigenvalue weighted by atomic mass is 79.9. The number of pyridine rings is 1. The van der Waals surface area contributed by atoms with Crippen molar-refractivity contribution in [2.45, 2.75) is 6.92 Å². The Morgan fingerprint density at radius 3 is 2.73 bits per heavy atom. The summed E-state index contributed by atoms with van der Waals surface area (Å²) in [6.45, 7) is 1.93. The smallest absolute Gasteiger partial charge is 0.357 e. The first kappa shape index (κ1) is 10.6. The average molecular weight is 334 g/mol. The van der Waals surface area contributed by atoms with Crippen LogP contribution in [0.25, 0.3) is 5.52 Å². The van der Waals surface area contributed by atoms with E-state index in [0.717, 1.165) is 15.6 Å². The number of carboxylic acids is 1. The summed E-state index contributed by atoms with van der Waals surface area (Å²) in [4.78, 5) is 10.9. The molecule has 4 nitrogen and oxygen atoms in total. The molecule has 2 aromatic heterocycles. The lowest BCUT2D eigenvalue weighted by atomic mass is 10.2. The minimum atomic E-state index is -1.05. The number of aryl methyl sites for hydroxylation is 1. The third-order valence-corrected chi connectivity index (χ3v) is 3.83. The summed E-state index contributed by atoms with van der Waals surface area (Å²) in [5.74, 6) is -1.05. The van der Waals surface area contributed by atoms with Gasteiger partial charge in [-0.15, -0.1) is 0 Å². The van der Waals surface area contributed by atoms with Gasteiger partial charge in [0.1, 0.15) is 0 Å². The number of rotatable bonds is 1. The largest absolute Gasteiger partial charge is 0.476 e. The molecule has 2 aromatic rings. The summed E-state index contributed by atoms with van der Waals surface area (Å²) in [6.07, 6.45) is 1.73. The molecule has 0 aliphatic carbocycles. The van der Waals surface area contributed by atoms with Gasteiger partial charge in [0.15, 0.2) is 5.69 Å². The van der Waals surface area contributed by atoms with E-state index < -0.39 is 5.97 Å². The van der Waals surface area contributed by atoms with Gasteiger partial charge in [-0.3, -0.25) is 0 Å². The number of hydrogen-bond acceptors (Lipinski definition) is 2. The molecule has 0 unspecified atom stereocenters. The Morgan fingerprint density at radius 1 is 1.47 bits per heavy atom. The predicted molar refractivity (Wildman–Crippen MR) is 62.3 cm³/mol. The summed E-state index contributed by atoms with van der Waals surface area (Å²) in [6, 6.07) is 1.86. The fourth-order valence-electron chi connectivity index (χ4n) is 1.30. The van der Waals surface area contributed by atoms with Crippen LogP contribution in [0.2, 0.25) is 0 Å². The second-order valence-corrected chi connectivity index (χ2v) is 4.66. The lowest BCUT2D eigenvalue weighted by Gasteiger charge is -2.00. The topological polar surface area (TPSA) is 54.6 Å². The number of fused-ring (bicyclic) bond motifs is 1. The zero-order valence-corrected chi connectivity index (χ0v) is 10.8. The molecule has 0 aliphatic heterocycles. The zero-order chi connectivity index (χ0) is 11.2. The Balaban J connectivity index is 2.89. The summed E-state index contributed by atoms with van der Waals surface area (Å²) in [7, 11) is 0. The first-order valence-corrected chi connectivity index (χ1v) is 5.67. The van der Waals surface area contributed by atoms with Crippen molar-refractivity contribution in [2.75, 3.05) is 0 Å². The molecule has 2 heterocycles. The molecule has 0 bridgehead atoms. The summed E-state index contributed by atoms with van der Waals surface area (Å²) >= 11 is 6.65. The van der Waals surface area contributed by atoms with E-state index in [1.54, 1.807) is 6.20 Å². The Hall–Kier alpha value is -0.880. The fourth-order valence-corrected chi connectivity index (χ4v) is 2.71. The highest BCUT2D eigenvalue weighted by molar-refractivity contribution is 9.11. The molecule has 0 atom stereocenters. The number of halogens is 2. The maximum absolute atomic E-state index is 10.9. The van der Waals surface area contributed by atoms with Crippen molar-refractivity contribution < 1.29 is 9.90 Å². The van der Waals surface area contributed by atoms with E-state index in [9.17, 15) is 4.79 Å². The van der Waals surface area contributed by atoms with Crippen LogP contribution in [0.15, 0.2) is 21.2 Å². The van der Waals surface area contributed by atoms with Gasteiger partial charge in [0.05, 0.1) is 9.99 Å². The van der Waals surface area contributed by atoms with Crippen LogP contribution in [0.3, 0.4) is 0 Å². The van der Waals surface area contributed by atoms with Gasteiger partial charge < -0.3 is 5.11 Å². The van der Waals surface area contributed by atoms with E-state index in [-0.39, 0.29) is 5.69 Å². The highest BCUT2D eigenvalue weighted by Gasteiger charge is 2.18. The van der Waals surface area contributed by atoms with Crippen molar-refractivity contribution in [3.8, 4) is 0 Å². The van der Waals surface area contributed by atoms with Crippen LogP contribution < -0.4 is 0 Å². The summed E-state index contributed by atoms with van der Waals surface area (Å²) in [5.41, 5.74) is 1.77. The van der Waals surface area contributed by atoms with Gasteiger partial charge in [-0.2, -0.15) is 5.10 Å². The molecule has 6 heteroatoms. The molecule has 0 saturated heterocycles. The van der Waals surface area contributed by atoms with Gasteiger partial charge in [-0.05, 0) is 50.4 Å². The minimum Gasteiger partial charge on any atom is -0.476 e. The normalized spacial score (nSPS) is 10.9. The van der Waals surface area contributed by atoms with Crippen LogP contribution in [-0.2, 0) is 0 Å². The number of carboxylic acid groups (broad SMARTS) is 1. The highest BCUT2D eigenvalue weighted by Crippen LogP contribution is 2.30. The van der Waals surface area contributed by atoms with Crippen molar-refractivity contribution in [2.24, 2.45) is 0 Å². The molecule has 0 aromatic carbocycles. The molecule has 0 saturated carbocycles.